The van der Waals surface area contributed by atoms with Crippen LogP contribution in [0.3, 0.4) is 0 Å². The summed E-state index contributed by atoms with van der Waals surface area (Å²) in [4.78, 5) is 23.9. The third-order valence-corrected chi connectivity index (χ3v) is 2.80. The Hall–Kier alpha value is -1.52. The van der Waals surface area contributed by atoms with Crippen LogP contribution in [0.1, 0.15) is 0 Å². The summed E-state index contributed by atoms with van der Waals surface area (Å²) in [5, 5.41) is 4.32. The molecule has 0 aromatic rings. The van der Waals surface area contributed by atoms with Crippen molar-refractivity contribution < 1.29 is 35.9 Å². The number of rotatable bonds is 3. The topological polar surface area (TPSA) is 61.4 Å². The van der Waals surface area contributed by atoms with E-state index in [0.29, 0.717) is 13.1 Å². The lowest BCUT2D eigenvalue weighted by Crippen LogP contribution is -2.52. The van der Waals surface area contributed by atoms with Crippen LogP contribution in [-0.4, -0.2) is 61.8 Å². The Balaban J connectivity index is 2.60. The van der Waals surface area contributed by atoms with E-state index in [9.17, 15) is 35.9 Å². The fourth-order valence-corrected chi connectivity index (χ4v) is 1.77. The molecule has 1 fully saturated rings. The van der Waals surface area contributed by atoms with Crippen LogP contribution >= 0.6 is 0 Å². The fraction of sp³-hybridized carbons (Fsp3) is 0.800. The molecule has 11 heteroatoms. The molecule has 0 aromatic carbocycles. The molecule has 0 saturated carbocycles. The lowest BCUT2D eigenvalue weighted by atomic mass is 10.1. The molecule has 1 rings (SSSR count). The molecule has 1 saturated heterocycles. The van der Waals surface area contributed by atoms with Crippen molar-refractivity contribution in [1.82, 2.24) is 15.5 Å². The average Bonchev–Trinajstić information content (AvgIpc) is 2.33. The van der Waals surface area contributed by atoms with Crippen LogP contribution in [0.4, 0.5) is 26.3 Å². The number of carbonyl (C=O) groups is 2. The summed E-state index contributed by atoms with van der Waals surface area (Å²) in [6, 6.07) is 0. The molecule has 0 spiro atoms. The van der Waals surface area contributed by atoms with Crippen molar-refractivity contribution in [2.24, 2.45) is 5.92 Å². The summed E-state index contributed by atoms with van der Waals surface area (Å²) in [7, 11) is 0. The lowest BCUT2D eigenvalue weighted by molar-refractivity contribution is -0.274. The first-order valence-electron chi connectivity index (χ1n) is 5.93. The number of hydrogen-bond acceptors (Lipinski definition) is 3. The van der Waals surface area contributed by atoms with E-state index in [1.54, 1.807) is 0 Å². The summed E-state index contributed by atoms with van der Waals surface area (Å²) in [5.74, 6) is -7.15. The van der Waals surface area contributed by atoms with Gasteiger partial charge < -0.3 is 15.5 Å². The highest BCUT2D eigenvalue weighted by atomic mass is 19.4. The first kappa shape index (κ1) is 17.5. The molecule has 1 aliphatic heterocycles. The standard InChI is InChI=1S/C10H13F6N3O2/c11-9(12,13)7(10(14,15)16)8(21)18-5-6(20)19-3-1-17-2-4-19/h7,17H,1-5H2,(H,18,21). The highest BCUT2D eigenvalue weighted by Crippen LogP contribution is 2.39. The number of halogens is 6. The van der Waals surface area contributed by atoms with Crippen LogP contribution in [0.2, 0.25) is 0 Å². The number of nitrogens with zero attached hydrogens (tertiary/aromatic N) is 1. The highest BCUT2D eigenvalue weighted by molar-refractivity contribution is 5.86. The molecular formula is C10H13F6N3O2. The maximum absolute atomic E-state index is 12.3. The van der Waals surface area contributed by atoms with Gasteiger partial charge in [0.2, 0.25) is 17.7 Å². The monoisotopic (exact) mass is 321 g/mol. The number of nitrogens with one attached hydrogen (secondary N) is 2. The van der Waals surface area contributed by atoms with E-state index in [2.05, 4.69) is 5.32 Å². The zero-order valence-electron chi connectivity index (χ0n) is 10.6. The zero-order chi connectivity index (χ0) is 16.3. The average molecular weight is 321 g/mol. The Kier molecular flexibility index (Phi) is 5.42. The molecule has 21 heavy (non-hydrogen) atoms. The summed E-state index contributed by atoms with van der Waals surface area (Å²) in [5.41, 5.74) is 0. The quantitative estimate of drug-likeness (QED) is 0.734. The molecule has 5 nitrogen and oxygen atoms in total. The molecule has 2 amide bonds. The van der Waals surface area contributed by atoms with Gasteiger partial charge in [-0.3, -0.25) is 9.59 Å². The number of carbonyl (C=O) groups excluding carboxylic acids is 2. The SMILES string of the molecule is O=C(NCC(=O)N1CCNCC1)C(C(F)(F)F)C(F)(F)F. The first-order chi connectivity index (χ1) is 9.53. The van der Waals surface area contributed by atoms with Crippen molar-refractivity contribution >= 4 is 11.8 Å². The molecule has 0 unspecified atom stereocenters. The minimum atomic E-state index is -5.76. The number of piperazine rings is 1. The van der Waals surface area contributed by atoms with Crippen LogP contribution in [0.15, 0.2) is 0 Å². The predicted octanol–water partition coefficient (Wildman–Crippen LogP) is 0.275. The predicted molar refractivity (Wildman–Crippen MR) is 58.1 cm³/mol. The lowest BCUT2D eigenvalue weighted by Gasteiger charge is -2.28. The molecule has 0 aromatic heterocycles. The van der Waals surface area contributed by atoms with Crippen LogP contribution in [0.5, 0.6) is 0 Å². The van der Waals surface area contributed by atoms with Gasteiger partial charge in [0, 0.05) is 26.2 Å². The molecule has 122 valence electrons. The van der Waals surface area contributed by atoms with E-state index in [0.717, 1.165) is 0 Å². The van der Waals surface area contributed by atoms with Crippen molar-refractivity contribution in [3.63, 3.8) is 0 Å². The molecule has 0 bridgehead atoms. The van der Waals surface area contributed by atoms with Gasteiger partial charge in [0.15, 0.2) is 0 Å². The summed E-state index contributed by atoms with van der Waals surface area (Å²) in [6.07, 6.45) is -11.5. The van der Waals surface area contributed by atoms with E-state index in [4.69, 9.17) is 0 Å². The first-order valence-corrected chi connectivity index (χ1v) is 5.93. The second-order valence-electron chi connectivity index (χ2n) is 4.36. The molecule has 1 aliphatic rings. The molecular weight excluding hydrogens is 308 g/mol. The van der Waals surface area contributed by atoms with Crippen LogP contribution in [-0.2, 0) is 9.59 Å². The van der Waals surface area contributed by atoms with Gasteiger partial charge >= 0.3 is 12.4 Å². The van der Waals surface area contributed by atoms with Gasteiger partial charge in [0.1, 0.15) is 0 Å². The van der Waals surface area contributed by atoms with Crippen LogP contribution < -0.4 is 10.6 Å². The van der Waals surface area contributed by atoms with E-state index in [1.807, 2.05) is 0 Å². The Morgan fingerprint density at radius 3 is 1.95 bits per heavy atom. The Morgan fingerprint density at radius 2 is 1.52 bits per heavy atom. The molecule has 0 aliphatic carbocycles. The van der Waals surface area contributed by atoms with Gasteiger partial charge in [-0.15, -0.1) is 0 Å². The molecule has 2 N–H and O–H groups in total. The smallest absolute Gasteiger partial charge is 0.346 e. The Bertz CT molecular complexity index is 375. The van der Waals surface area contributed by atoms with Crippen molar-refractivity contribution in [1.29, 1.82) is 0 Å². The fourth-order valence-electron chi connectivity index (χ4n) is 1.77. The maximum Gasteiger partial charge on any atom is 0.409 e. The second kappa shape index (κ2) is 6.50. The summed E-state index contributed by atoms with van der Waals surface area (Å²) >= 11 is 0. The van der Waals surface area contributed by atoms with Gasteiger partial charge in [-0.25, -0.2) is 0 Å². The van der Waals surface area contributed by atoms with Crippen LogP contribution in [0, 0.1) is 5.92 Å². The van der Waals surface area contributed by atoms with Crippen molar-refractivity contribution in [2.75, 3.05) is 32.7 Å². The largest absolute Gasteiger partial charge is 0.409 e. The van der Waals surface area contributed by atoms with Crippen molar-refractivity contribution in [3.05, 3.63) is 0 Å². The minimum absolute atomic E-state index is 0.274. The van der Waals surface area contributed by atoms with E-state index < -0.39 is 36.6 Å². The third kappa shape index (κ3) is 5.06. The van der Waals surface area contributed by atoms with Gasteiger partial charge in [-0.05, 0) is 0 Å². The summed E-state index contributed by atoms with van der Waals surface area (Å²) < 4.78 is 73.6. The second-order valence-corrected chi connectivity index (χ2v) is 4.36. The van der Waals surface area contributed by atoms with E-state index in [1.165, 1.54) is 10.2 Å². The van der Waals surface area contributed by atoms with Crippen molar-refractivity contribution in [3.8, 4) is 0 Å². The number of hydrogen-bond donors (Lipinski definition) is 2. The van der Waals surface area contributed by atoms with Crippen molar-refractivity contribution in [2.45, 2.75) is 12.4 Å². The van der Waals surface area contributed by atoms with Crippen LogP contribution in [0.25, 0.3) is 0 Å². The van der Waals surface area contributed by atoms with Gasteiger partial charge in [-0.1, -0.05) is 0 Å². The molecule has 0 radical (unpaired) electrons. The normalized spacial score (nSPS) is 17.0. The van der Waals surface area contributed by atoms with Gasteiger partial charge in [0.05, 0.1) is 6.54 Å². The Morgan fingerprint density at radius 1 is 1.05 bits per heavy atom. The number of amides is 2. The molecule has 1 heterocycles. The Labute approximate surface area is 115 Å². The third-order valence-electron chi connectivity index (χ3n) is 2.80. The minimum Gasteiger partial charge on any atom is -0.346 e. The van der Waals surface area contributed by atoms with E-state index >= 15 is 0 Å². The molecule has 0 atom stereocenters. The van der Waals surface area contributed by atoms with Gasteiger partial charge in [-0.2, -0.15) is 26.3 Å². The van der Waals surface area contributed by atoms with E-state index in [-0.39, 0.29) is 13.1 Å². The van der Waals surface area contributed by atoms with Gasteiger partial charge in [0.25, 0.3) is 0 Å². The number of alkyl halides is 6. The summed E-state index contributed by atoms with van der Waals surface area (Å²) in [6.45, 7) is 0.579. The zero-order valence-corrected chi connectivity index (χ0v) is 10.6. The highest BCUT2D eigenvalue weighted by Gasteiger charge is 2.61. The maximum atomic E-state index is 12.3.